The molecular formula is C16H35NO2. The number of hydrogen-bond acceptors (Lipinski definition) is 3. The standard InChI is InChI=1S/C16H35NO2/c1-15(2,3)17-11-10-13-18-12-8-7-9-14-19-16(4,5)6/h17H,7-14H2,1-6H3. The maximum atomic E-state index is 5.67. The third-order valence-corrected chi connectivity index (χ3v) is 2.59. The number of unbranched alkanes of at least 4 members (excludes halogenated alkanes) is 2. The normalized spacial score (nSPS) is 12.9. The van der Waals surface area contributed by atoms with Gasteiger partial charge >= 0.3 is 0 Å². The topological polar surface area (TPSA) is 30.5 Å². The number of ether oxygens (including phenoxy) is 2. The molecule has 0 rings (SSSR count). The molecular weight excluding hydrogens is 238 g/mol. The first-order chi connectivity index (χ1) is 8.71. The lowest BCUT2D eigenvalue weighted by Crippen LogP contribution is -2.36. The van der Waals surface area contributed by atoms with E-state index in [1.165, 1.54) is 6.42 Å². The lowest BCUT2D eigenvalue weighted by Gasteiger charge is -2.20. The minimum atomic E-state index is -0.00342. The van der Waals surface area contributed by atoms with Crippen molar-refractivity contribution in [2.45, 2.75) is 78.4 Å². The van der Waals surface area contributed by atoms with Gasteiger partial charge in [0.15, 0.2) is 0 Å². The molecule has 0 aliphatic heterocycles. The van der Waals surface area contributed by atoms with Gasteiger partial charge in [-0.25, -0.2) is 0 Å². The Morgan fingerprint density at radius 3 is 1.89 bits per heavy atom. The fourth-order valence-corrected chi connectivity index (χ4v) is 1.60. The zero-order valence-corrected chi connectivity index (χ0v) is 14.0. The molecule has 1 N–H and O–H groups in total. The Labute approximate surface area is 120 Å². The Bertz CT molecular complexity index is 182. The van der Waals surface area contributed by atoms with E-state index >= 15 is 0 Å². The Kier molecular flexibility index (Phi) is 9.67. The van der Waals surface area contributed by atoms with Crippen molar-refractivity contribution in [3.8, 4) is 0 Å². The van der Waals surface area contributed by atoms with Gasteiger partial charge < -0.3 is 14.8 Å². The van der Waals surface area contributed by atoms with Crippen LogP contribution in [0.25, 0.3) is 0 Å². The summed E-state index contributed by atoms with van der Waals surface area (Å²) in [7, 11) is 0. The van der Waals surface area contributed by atoms with Gasteiger partial charge in [0.1, 0.15) is 0 Å². The summed E-state index contributed by atoms with van der Waals surface area (Å²) in [5, 5.41) is 3.46. The number of nitrogens with one attached hydrogen (secondary N) is 1. The molecule has 0 aromatic heterocycles. The van der Waals surface area contributed by atoms with Crippen LogP contribution in [0.1, 0.15) is 67.2 Å². The second-order valence-electron chi connectivity index (χ2n) is 7.16. The van der Waals surface area contributed by atoms with Crippen molar-refractivity contribution in [2.24, 2.45) is 0 Å². The van der Waals surface area contributed by atoms with Crippen molar-refractivity contribution in [3.05, 3.63) is 0 Å². The van der Waals surface area contributed by atoms with Gasteiger partial charge in [0.25, 0.3) is 0 Å². The highest BCUT2D eigenvalue weighted by Crippen LogP contribution is 2.08. The first kappa shape index (κ1) is 18.9. The van der Waals surface area contributed by atoms with E-state index in [-0.39, 0.29) is 11.1 Å². The molecule has 0 fully saturated rings. The molecule has 0 atom stereocenters. The molecule has 0 saturated heterocycles. The molecule has 19 heavy (non-hydrogen) atoms. The Morgan fingerprint density at radius 2 is 1.32 bits per heavy atom. The molecule has 0 radical (unpaired) electrons. The van der Waals surface area contributed by atoms with Crippen molar-refractivity contribution in [3.63, 3.8) is 0 Å². The highest BCUT2D eigenvalue weighted by atomic mass is 16.5. The molecule has 116 valence electrons. The fourth-order valence-electron chi connectivity index (χ4n) is 1.60. The summed E-state index contributed by atoms with van der Waals surface area (Å²) in [6.07, 6.45) is 4.55. The van der Waals surface area contributed by atoms with Gasteiger partial charge in [-0.15, -0.1) is 0 Å². The SMILES string of the molecule is CC(C)(C)NCCCOCCCCCOC(C)(C)C. The molecule has 3 heteroatoms. The van der Waals surface area contributed by atoms with Gasteiger partial charge in [-0.05, 0) is 73.8 Å². The van der Waals surface area contributed by atoms with Gasteiger partial charge in [-0.1, -0.05) is 0 Å². The minimum Gasteiger partial charge on any atom is -0.381 e. The van der Waals surface area contributed by atoms with E-state index in [9.17, 15) is 0 Å². The van der Waals surface area contributed by atoms with Crippen molar-refractivity contribution in [1.82, 2.24) is 5.32 Å². The van der Waals surface area contributed by atoms with Gasteiger partial charge in [0, 0.05) is 25.4 Å². The first-order valence-electron chi connectivity index (χ1n) is 7.67. The molecule has 3 nitrogen and oxygen atoms in total. The summed E-state index contributed by atoms with van der Waals surface area (Å²) >= 11 is 0. The summed E-state index contributed by atoms with van der Waals surface area (Å²) in [4.78, 5) is 0. The van der Waals surface area contributed by atoms with E-state index in [4.69, 9.17) is 9.47 Å². The summed E-state index contributed by atoms with van der Waals surface area (Å²) in [5.41, 5.74) is 0.212. The van der Waals surface area contributed by atoms with Crippen LogP contribution in [0.5, 0.6) is 0 Å². The second-order valence-corrected chi connectivity index (χ2v) is 7.16. The zero-order chi connectivity index (χ0) is 14.8. The molecule has 0 aromatic carbocycles. The van der Waals surface area contributed by atoms with Crippen molar-refractivity contribution in [2.75, 3.05) is 26.4 Å². The molecule has 0 heterocycles. The van der Waals surface area contributed by atoms with Gasteiger partial charge in [0.2, 0.25) is 0 Å². The van der Waals surface area contributed by atoms with Gasteiger partial charge in [-0.2, -0.15) is 0 Å². The molecule has 0 aliphatic carbocycles. The van der Waals surface area contributed by atoms with Crippen LogP contribution < -0.4 is 5.32 Å². The highest BCUT2D eigenvalue weighted by molar-refractivity contribution is 4.69. The molecule has 0 bridgehead atoms. The lowest BCUT2D eigenvalue weighted by atomic mass is 10.1. The zero-order valence-electron chi connectivity index (χ0n) is 14.0. The highest BCUT2D eigenvalue weighted by Gasteiger charge is 2.08. The van der Waals surface area contributed by atoms with E-state index in [1.807, 2.05) is 0 Å². The molecule has 0 aromatic rings. The van der Waals surface area contributed by atoms with Gasteiger partial charge in [-0.3, -0.25) is 0 Å². The summed E-state index contributed by atoms with van der Waals surface area (Å²) in [6, 6.07) is 0. The number of rotatable bonds is 10. The van der Waals surface area contributed by atoms with Crippen molar-refractivity contribution >= 4 is 0 Å². The van der Waals surface area contributed by atoms with E-state index < -0.39 is 0 Å². The van der Waals surface area contributed by atoms with Crippen molar-refractivity contribution < 1.29 is 9.47 Å². The minimum absolute atomic E-state index is 0.00342. The van der Waals surface area contributed by atoms with Crippen LogP contribution in [0.4, 0.5) is 0 Å². The smallest absolute Gasteiger partial charge is 0.0598 e. The summed E-state index contributed by atoms with van der Waals surface area (Å²) < 4.78 is 11.3. The summed E-state index contributed by atoms with van der Waals surface area (Å²) in [5.74, 6) is 0. The van der Waals surface area contributed by atoms with E-state index in [1.54, 1.807) is 0 Å². The van der Waals surface area contributed by atoms with Crippen molar-refractivity contribution in [1.29, 1.82) is 0 Å². The maximum absolute atomic E-state index is 5.67. The van der Waals surface area contributed by atoms with E-state index in [0.29, 0.717) is 0 Å². The van der Waals surface area contributed by atoms with Gasteiger partial charge in [0.05, 0.1) is 5.60 Å². The fraction of sp³-hybridized carbons (Fsp3) is 1.00. The lowest BCUT2D eigenvalue weighted by molar-refractivity contribution is -0.00535. The molecule has 0 aliphatic rings. The summed E-state index contributed by atoms with van der Waals surface area (Å²) in [6.45, 7) is 16.5. The third kappa shape index (κ3) is 17.9. The molecule has 0 unspecified atom stereocenters. The van der Waals surface area contributed by atoms with E-state index in [0.717, 1.165) is 45.6 Å². The average Bonchev–Trinajstić information content (AvgIpc) is 2.22. The second kappa shape index (κ2) is 9.73. The monoisotopic (exact) mass is 273 g/mol. The van der Waals surface area contributed by atoms with Crippen LogP contribution in [0.15, 0.2) is 0 Å². The van der Waals surface area contributed by atoms with Crippen LogP contribution in [0, 0.1) is 0 Å². The maximum Gasteiger partial charge on any atom is 0.0598 e. The quantitative estimate of drug-likeness (QED) is 0.615. The molecule has 0 amide bonds. The molecule has 0 saturated carbocycles. The van der Waals surface area contributed by atoms with Crippen LogP contribution >= 0.6 is 0 Å². The predicted octanol–water partition coefficient (Wildman–Crippen LogP) is 3.77. The Balaban J connectivity index is 3.12. The third-order valence-electron chi connectivity index (χ3n) is 2.59. The number of hydrogen-bond donors (Lipinski definition) is 1. The van der Waals surface area contributed by atoms with Crippen LogP contribution in [0.3, 0.4) is 0 Å². The largest absolute Gasteiger partial charge is 0.381 e. The molecule has 0 spiro atoms. The average molecular weight is 273 g/mol. The van der Waals surface area contributed by atoms with Crippen LogP contribution in [-0.4, -0.2) is 37.5 Å². The predicted molar refractivity (Wildman–Crippen MR) is 82.7 cm³/mol. The van der Waals surface area contributed by atoms with Crippen LogP contribution in [0.2, 0.25) is 0 Å². The Morgan fingerprint density at radius 1 is 0.737 bits per heavy atom. The Hall–Kier alpha value is -0.120. The van der Waals surface area contributed by atoms with E-state index in [2.05, 4.69) is 46.9 Å². The van der Waals surface area contributed by atoms with Crippen LogP contribution in [-0.2, 0) is 9.47 Å². The first-order valence-corrected chi connectivity index (χ1v) is 7.67.